The average molecular weight is 329 g/mol. The van der Waals surface area contributed by atoms with Crippen LogP contribution in [0.5, 0.6) is 5.75 Å². The summed E-state index contributed by atoms with van der Waals surface area (Å²) >= 11 is 0. The van der Waals surface area contributed by atoms with Gasteiger partial charge in [0.1, 0.15) is 11.8 Å². The molecule has 24 heavy (non-hydrogen) atoms. The molecule has 2 aromatic rings. The predicted octanol–water partition coefficient (Wildman–Crippen LogP) is 0.534. The van der Waals surface area contributed by atoms with Gasteiger partial charge in [0.15, 0.2) is 5.96 Å². The van der Waals surface area contributed by atoms with Crippen LogP contribution in [0.25, 0.3) is 10.8 Å². The zero-order valence-corrected chi connectivity index (χ0v) is 13.6. The molecule has 0 aromatic heterocycles. The first kappa shape index (κ1) is 17.6. The van der Waals surface area contributed by atoms with Gasteiger partial charge in [-0.25, -0.2) is 0 Å². The smallest absolute Gasteiger partial charge is 0.239 e. The molecule has 7 N–H and O–H groups in total. The van der Waals surface area contributed by atoms with Crippen LogP contribution >= 0.6 is 0 Å². The predicted molar refractivity (Wildman–Crippen MR) is 94.9 cm³/mol. The molecule has 1 fully saturated rings. The Morgan fingerprint density at radius 3 is 2.62 bits per heavy atom. The highest BCUT2D eigenvalue weighted by atomic mass is 16.5. The number of guanidine groups is 1. The number of hydrogen-bond acceptors (Lipinski definition) is 4. The van der Waals surface area contributed by atoms with Gasteiger partial charge in [-0.15, -0.1) is 0 Å². The van der Waals surface area contributed by atoms with Crippen molar-refractivity contribution in [3.63, 3.8) is 0 Å². The Balaban J connectivity index is 0.000000174. The van der Waals surface area contributed by atoms with Crippen LogP contribution in [0.1, 0.15) is 6.42 Å². The quantitative estimate of drug-likeness (QED) is 0.318. The van der Waals surface area contributed by atoms with E-state index in [1.54, 1.807) is 7.11 Å². The van der Waals surface area contributed by atoms with Crippen LogP contribution in [0.4, 0.5) is 0 Å². The molecule has 1 heterocycles. The van der Waals surface area contributed by atoms with Crippen LogP contribution in [-0.4, -0.2) is 37.6 Å². The van der Waals surface area contributed by atoms with Gasteiger partial charge >= 0.3 is 0 Å². The molecule has 128 valence electrons. The van der Waals surface area contributed by atoms with Gasteiger partial charge in [0.2, 0.25) is 5.91 Å². The standard InChI is InChI=1S/C11H10O.C6H13N5O/c1-12-11-8-4-6-9-5-2-3-7-10(9)11;7-4-3(11-5(4)12)1-2-10-6(8)9/h2-8H,1H3;3-4H,1-2,7H2,(H,11,12)(H4,8,9,10). The third-order valence-electron chi connectivity index (χ3n) is 3.80. The minimum atomic E-state index is -0.390. The maximum atomic E-state index is 10.6. The Morgan fingerprint density at radius 2 is 2.00 bits per heavy atom. The van der Waals surface area contributed by atoms with E-state index in [1.165, 1.54) is 10.8 Å². The lowest BCUT2D eigenvalue weighted by Gasteiger charge is -2.33. The van der Waals surface area contributed by atoms with Crippen molar-refractivity contribution in [1.29, 1.82) is 5.41 Å². The van der Waals surface area contributed by atoms with Gasteiger partial charge in [0.05, 0.1) is 13.2 Å². The van der Waals surface area contributed by atoms with E-state index in [1.807, 2.05) is 24.3 Å². The number of β-lactam (4-membered cyclic amide) rings is 1. The van der Waals surface area contributed by atoms with Gasteiger partial charge in [-0.2, -0.15) is 0 Å². The van der Waals surface area contributed by atoms with E-state index in [-0.39, 0.29) is 17.9 Å². The number of methoxy groups -OCH3 is 1. The van der Waals surface area contributed by atoms with Crippen molar-refractivity contribution in [1.82, 2.24) is 10.6 Å². The Bertz CT molecular complexity index is 714. The van der Waals surface area contributed by atoms with Crippen molar-refractivity contribution in [2.45, 2.75) is 18.5 Å². The lowest BCUT2D eigenvalue weighted by atomic mass is 9.97. The number of hydrogen-bond donors (Lipinski definition) is 5. The summed E-state index contributed by atoms with van der Waals surface area (Å²) in [6.45, 7) is 0.563. The second-order valence-electron chi connectivity index (χ2n) is 5.45. The lowest BCUT2D eigenvalue weighted by molar-refractivity contribution is -0.130. The highest BCUT2D eigenvalue weighted by Crippen LogP contribution is 2.24. The number of amides is 1. The van der Waals surface area contributed by atoms with Crippen molar-refractivity contribution in [3.05, 3.63) is 42.5 Å². The summed E-state index contributed by atoms with van der Waals surface area (Å²) in [5.74, 6) is 0.769. The summed E-state index contributed by atoms with van der Waals surface area (Å²) in [6.07, 6.45) is 0.701. The molecule has 2 atom stereocenters. The molecule has 3 rings (SSSR count). The topological polar surface area (TPSA) is 126 Å². The summed E-state index contributed by atoms with van der Waals surface area (Å²) in [6, 6.07) is 13.9. The zero-order chi connectivity index (χ0) is 17.5. The van der Waals surface area contributed by atoms with Crippen LogP contribution in [0.2, 0.25) is 0 Å². The largest absolute Gasteiger partial charge is 0.496 e. The number of rotatable bonds is 4. The molecular formula is C17H23N5O2. The van der Waals surface area contributed by atoms with Crippen LogP contribution < -0.4 is 26.8 Å². The normalized spacial score (nSPS) is 18.7. The number of nitrogens with two attached hydrogens (primary N) is 2. The molecule has 0 aliphatic carbocycles. The van der Waals surface area contributed by atoms with E-state index in [2.05, 4.69) is 28.8 Å². The fraction of sp³-hybridized carbons (Fsp3) is 0.294. The molecule has 7 nitrogen and oxygen atoms in total. The van der Waals surface area contributed by atoms with Gasteiger partial charge in [0, 0.05) is 11.9 Å². The van der Waals surface area contributed by atoms with Gasteiger partial charge < -0.3 is 26.8 Å². The van der Waals surface area contributed by atoms with Crippen molar-refractivity contribution >= 4 is 22.6 Å². The Kier molecular flexibility index (Phi) is 5.97. The van der Waals surface area contributed by atoms with Crippen molar-refractivity contribution in [2.24, 2.45) is 11.5 Å². The first-order valence-electron chi connectivity index (χ1n) is 7.68. The number of carbonyl (C=O) groups excluding carboxylic acids is 1. The second-order valence-corrected chi connectivity index (χ2v) is 5.45. The number of benzene rings is 2. The van der Waals surface area contributed by atoms with Gasteiger partial charge in [-0.1, -0.05) is 36.4 Å². The maximum Gasteiger partial charge on any atom is 0.239 e. The Hall–Kier alpha value is -2.80. The van der Waals surface area contributed by atoms with Crippen molar-refractivity contribution in [3.8, 4) is 5.75 Å². The molecule has 0 saturated carbocycles. The average Bonchev–Trinajstić information content (AvgIpc) is 2.60. The first-order chi connectivity index (χ1) is 11.5. The van der Waals surface area contributed by atoms with Crippen LogP contribution in [0.15, 0.2) is 42.5 Å². The summed E-state index contributed by atoms with van der Waals surface area (Å²) in [7, 11) is 1.70. The van der Waals surface area contributed by atoms with E-state index in [0.29, 0.717) is 13.0 Å². The zero-order valence-electron chi connectivity index (χ0n) is 13.6. The number of fused-ring (bicyclic) bond motifs is 1. The van der Waals surface area contributed by atoms with Crippen molar-refractivity contribution in [2.75, 3.05) is 13.7 Å². The molecule has 0 spiro atoms. The summed E-state index contributed by atoms with van der Waals surface area (Å²) < 4.78 is 5.23. The highest BCUT2D eigenvalue weighted by Gasteiger charge is 2.35. The molecule has 1 aliphatic rings. The number of nitrogens with one attached hydrogen (secondary N) is 3. The first-order valence-corrected chi connectivity index (χ1v) is 7.68. The van der Waals surface area contributed by atoms with E-state index in [9.17, 15) is 4.79 Å². The molecule has 1 amide bonds. The van der Waals surface area contributed by atoms with E-state index >= 15 is 0 Å². The maximum absolute atomic E-state index is 10.6. The molecule has 0 bridgehead atoms. The van der Waals surface area contributed by atoms with Gasteiger partial charge in [-0.05, 0) is 17.9 Å². The molecule has 1 aliphatic heterocycles. The fourth-order valence-electron chi connectivity index (χ4n) is 2.44. The number of carbonyl (C=O) groups is 1. The number of ether oxygens (including phenoxy) is 1. The minimum Gasteiger partial charge on any atom is -0.496 e. The SMILES string of the molecule is COc1cccc2ccccc12.N=C(N)NCCC1NC(=O)C1N. The summed E-state index contributed by atoms with van der Waals surface area (Å²) in [5, 5.41) is 14.5. The van der Waals surface area contributed by atoms with E-state index in [4.69, 9.17) is 21.6 Å². The van der Waals surface area contributed by atoms with Crippen LogP contribution in [-0.2, 0) is 4.79 Å². The summed E-state index contributed by atoms with van der Waals surface area (Å²) in [5.41, 5.74) is 10.5. The molecule has 2 unspecified atom stereocenters. The van der Waals surface area contributed by atoms with E-state index < -0.39 is 6.04 Å². The van der Waals surface area contributed by atoms with E-state index in [0.717, 1.165) is 5.75 Å². The van der Waals surface area contributed by atoms with Crippen LogP contribution in [0, 0.1) is 5.41 Å². The molecule has 1 saturated heterocycles. The Labute approximate surface area is 140 Å². The molecule has 2 aromatic carbocycles. The molecule has 7 heteroatoms. The molecular weight excluding hydrogens is 306 g/mol. The third kappa shape index (κ3) is 4.36. The fourth-order valence-corrected chi connectivity index (χ4v) is 2.44. The Morgan fingerprint density at radius 1 is 1.29 bits per heavy atom. The lowest BCUT2D eigenvalue weighted by Crippen LogP contribution is -2.67. The third-order valence-corrected chi connectivity index (χ3v) is 3.80. The van der Waals surface area contributed by atoms with Gasteiger partial charge in [0.25, 0.3) is 0 Å². The van der Waals surface area contributed by atoms with Crippen LogP contribution in [0.3, 0.4) is 0 Å². The second kappa shape index (κ2) is 8.16. The highest BCUT2D eigenvalue weighted by molar-refractivity contribution is 5.89. The monoisotopic (exact) mass is 329 g/mol. The molecule has 0 radical (unpaired) electrons. The minimum absolute atomic E-state index is 0.0318. The van der Waals surface area contributed by atoms with Gasteiger partial charge in [-0.3, -0.25) is 10.2 Å². The van der Waals surface area contributed by atoms with Crippen molar-refractivity contribution < 1.29 is 9.53 Å². The summed E-state index contributed by atoms with van der Waals surface area (Å²) in [4.78, 5) is 10.6.